The zero-order valence-electron chi connectivity index (χ0n) is 14.3. The SMILES string of the molecule is Cc1ccc(S(=O)(=O)N2CCC(CCC(C)(C)C)CC2)cc1. The minimum absolute atomic E-state index is 0.366. The van der Waals surface area contributed by atoms with Gasteiger partial charge in [-0.1, -0.05) is 38.5 Å². The Balaban J connectivity index is 1.94. The van der Waals surface area contributed by atoms with E-state index in [4.69, 9.17) is 0 Å². The molecule has 2 rings (SSSR count). The molecule has 124 valence electrons. The highest BCUT2D eigenvalue weighted by Crippen LogP contribution is 2.30. The minimum atomic E-state index is -3.31. The lowest BCUT2D eigenvalue weighted by atomic mass is 9.84. The highest BCUT2D eigenvalue weighted by Gasteiger charge is 2.29. The summed E-state index contributed by atoms with van der Waals surface area (Å²) in [5.74, 6) is 0.670. The fraction of sp³-hybridized carbons (Fsp3) is 0.667. The second-order valence-corrected chi connectivity index (χ2v) is 9.70. The van der Waals surface area contributed by atoms with E-state index in [2.05, 4.69) is 20.8 Å². The molecule has 1 aromatic rings. The van der Waals surface area contributed by atoms with Gasteiger partial charge in [-0.3, -0.25) is 0 Å². The summed E-state index contributed by atoms with van der Waals surface area (Å²) in [6.45, 7) is 10.1. The van der Waals surface area contributed by atoms with Gasteiger partial charge in [-0.2, -0.15) is 4.31 Å². The largest absolute Gasteiger partial charge is 0.243 e. The average Bonchev–Trinajstić information content (AvgIpc) is 2.45. The van der Waals surface area contributed by atoms with E-state index in [0.29, 0.717) is 29.3 Å². The molecule has 4 heteroatoms. The fourth-order valence-corrected chi connectivity index (χ4v) is 4.40. The number of hydrogen-bond acceptors (Lipinski definition) is 2. The molecular weight excluding hydrogens is 294 g/mol. The summed E-state index contributed by atoms with van der Waals surface area (Å²) in [5.41, 5.74) is 1.45. The maximum Gasteiger partial charge on any atom is 0.243 e. The molecule has 1 fully saturated rings. The van der Waals surface area contributed by atoms with Crippen LogP contribution >= 0.6 is 0 Å². The Morgan fingerprint density at radius 1 is 1.09 bits per heavy atom. The molecule has 1 aromatic carbocycles. The first-order chi connectivity index (χ1) is 10.2. The summed E-state index contributed by atoms with van der Waals surface area (Å²) in [7, 11) is -3.31. The quantitative estimate of drug-likeness (QED) is 0.832. The second kappa shape index (κ2) is 6.71. The van der Waals surface area contributed by atoms with Gasteiger partial charge in [0.2, 0.25) is 10.0 Å². The van der Waals surface area contributed by atoms with Crippen molar-refractivity contribution in [2.75, 3.05) is 13.1 Å². The van der Waals surface area contributed by atoms with Gasteiger partial charge in [-0.05, 0) is 56.1 Å². The van der Waals surface area contributed by atoms with Crippen LogP contribution < -0.4 is 0 Å². The second-order valence-electron chi connectivity index (χ2n) is 7.76. The first-order valence-corrected chi connectivity index (χ1v) is 9.69. The summed E-state index contributed by atoms with van der Waals surface area (Å²) in [4.78, 5) is 0.422. The van der Waals surface area contributed by atoms with Crippen molar-refractivity contribution < 1.29 is 8.42 Å². The summed E-state index contributed by atoms with van der Waals surface area (Å²) >= 11 is 0. The van der Waals surface area contributed by atoms with E-state index < -0.39 is 10.0 Å². The summed E-state index contributed by atoms with van der Waals surface area (Å²) in [6.07, 6.45) is 4.40. The monoisotopic (exact) mass is 323 g/mol. The number of benzene rings is 1. The molecule has 1 saturated heterocycles. The highest BCUT2D eigenvalue weighted by atomic mass is 32.2. The van der Waals surface area contributed by atoms with Crippen LogP contribution in [0, 0.1) is 18.3 Å². The van der Waals surface area contributed by atoms with E-state index in [1.165, 1.54) is 12.8 Å². The predicted molar refractivity (Wildman–Crippen MR) is 91.4 cm³/mol. The van der Waals surface area contributed by atoms with E-state index in [9.17, 15) is 8.42 Å². The van der Waals surface area contributed by atoms with Gasteiger partial charge in [0.05, 0.1) is 4.90 Å². The maximum absolute atomic E-state index is 12.6. The molecule has 0 aliphatic carbocycles. The van der Waals surface area contributed by atoms with Crippen molar-refractivity contribution in [3.8, 4) is 0 Å². The lowest BCUT2D eigenvalue weighted by Crippen LogP contribution is -2.38. The first-order valence-electron chi connectivity index (χ1n) is 8.25. The predicted octanol–water partition coefficient (Wildman–Crippen LogP) is 4.22. The van der Waals surface area contributed by atoms with Crippen LogP contribution in [0.15, 0.2) is 29.2 Å². The Morgan fingerprint density at radius 2 is 1.64 bits per heavy atom. The molecule has 1 heterocycles. The van der Waals surface area contributed by atoms with Crippen LogP contribution in [0.2, 0.25) is 0 Å². The molecule has 1 aliphatic heterocycles. The fourth-order valence-electron chi connectivity index (χ4n) is 2.93. The zero-order valence-corrected chi connectivity index (χ0v) is 15.1. The number of aryl methyl sites for hydroxylation is 1. The van der Waals surface area contributed by atoms with Gasteiger partial charge < -0.3 is 0 Å². The Hall–Kier alpha value is -0.870. The van der Waals surface area contributed by atoms with Gasteiger partial charge in [-0.15, -0.1) is 0 Å². The van der Waals surface area contributed by atoms with Crippen molar-refractivity contribution in [2.24, 2.45) is 11.3 Å². The molecule has 22 heavy (non-hydrogen) atoms. The van der Waals surface area contributed by atoms with Crippen LogP contribution in [0.3, 0.4) is 0 Å². The number of piperidine rings is 1. The van der Waals surface area contributed by atoms with E-state index >= 15 is 0 Å². The Labute approximate surface area is 135 Å². The van der Waals surface area contributed by atoms with Crippen LogP contribution in [0.5, 0.6) is 0 Å². The smallest absolute Gasteiger partial charge is 0.207 e. The molecule has 0 bridgehead atoms. The normalized spacial score (nSPS) is 18.5. The van der Waals surface area contributed by atoms with E-state index in [0.717, 1.165) is 18.4 Å². The topological polar surface area (TPSA) is 37.4 Å². The van der Waals surface area contributed by atoms with Gasteiger partial charge in [0.1, 0.15) is 0 Å². The van der Waals surface area contributed by atoms with Gasteiger partial charge in [-0.25, -0.2) is 8.42 Å². The third kappa shape index (κ3) is 4.56. The molecule has 1 aliphatic rings. The maximum atomic E-state index is 12.6. The molecule has 0 unspecified atom stereocenters. The van der Waals surface area contributed by atoms with Crippen LogP contribution in [-0.4, -0.2) is 25.8 Å². The van der Waals surface area contributed by atoms with Crippen molar-refractivity contribution in [2.45, 2.75) is 58.3 Å². The minimum Gasteiger partial charge on any atom is -0.207 e. The molecular formula is C18H29NO2S. The van der Waals surface area contributed by atoms with Crippen molar-refractivity contribution in [1.29, 1.82) is 0 Å². The highest BCUT2D eigenvalue weighted by molar-refractivity contribution is 7.89. The Morgan fingerprint density at radius 3 is 2.14 bits per heavy atom. The van der Waals surface area contributed by atoms with Crippen LogP contribution in [0.1, 0.15) is 52.0 Å². The average molecular weight is 324 g/mol. The van der Waals surface area contributed by atoms with Crippen molar-refractivity contribution in [3.05, 3.63) is 29.8 Å². The van der Waals surface area contributed by atoms with Gasteiger partial charge >= 0.3 is 0 Å². The standard InChI is InChI=1S/C18H29NO2S/c1-15-5-7-17(8-6-15)22(20,21)19-13-10-16(11-14-19)9-12-18(2,3)4/h5-8,16H,9-14H2,1-4H3. The molecule has 0 spiro atoms. The number of sulfonamides is 1. The van der Waals surface area contributed by atoms with Crippen LogP contribution in [0.4, 0.5) is 0 Å². The molecule has 0 saturated carbocycles. The molecule has 0 N–H and O–H groups in total. The molecule has 0 amide bonds. The third-order valence-electron chi connectivity index (χ3n) is 4.53. The van der Waals surface area contributed by atoms with Crippen LogP contribution in [-0.2, 0) is 10.0 Å². The van der Waals surface area contributed by atoms with E-state index in [1.807, 2.05) is 19.1 Å². The van der Waals surface area contributed by atoms with Gasteiger partial charge in [0, 0.05) is 13.1 Å². The Kier molecular flexibility index (Phi) is 5.33. The Bertz CT molecular complexity index is 577. The van der Waals surface area contributed by atoms with Crippen molar-refractivity contribution >= 4 is 10.0 Å². The lowest BCUT2D eigenvalue weighted by Gasteiger charge is -2.32. The zero-order chi connectivity index (χ0) is 16.4. The van der Waals surface area contributed by atoms with Gasteiger partial charge in [0.15, 0.2) is 0 Å². The van der Waals surface area contributed by atoms with Gasteiger partial charge in [0.25, 0.3) is 0 Å². The van der Waals surface area contributed by atoms with Crippen molar-refractivity contribution in [1.82, 2.24) is 4.31 Å². The van der Waals surface area contributed by atoms with E-state index in [-0.39, 0.29) is 0 Å². The van der Waals surface area contributed by atoms with Crippen LogP contribution in [0.25, 0.3) is 0 Å². The van der Waals surface area contributed by atoms with Crippen molar-refractivity contribution in [3.63, 3.8) is 0 Å². The molecule has 3 nitrogen and oxygen atoms in total. The summed E-state index contributed by atoms with van der Waals surface area (Å²) < 4.78 is 27.0. The number of rotatable bonds is 4. The third-order valence-corrected chi connectivity index (χ3v) is 6.45. The lowest BCUT2D eigenvalue weighted by molar-refractivity contribution is 0.234. The molecule has 0 atom stereocenters. The molecule has 0 radical (unpaired) electrons. The number of nitrogens with zero attached hydrogens (tertiary/aromatic N) is 1. The van der Waals surface area contributed by atoms with E-state index in [1.54, 1.807) is 16.4 Å². The first kappa shape index (κ1) is 17.5. The summed E-state index contributed by atoms with van der Waals surface area (Å²) in [5, 5.41) is 0. The molecule has 0 aromatic heterocycles. The number of hydrogen-bond donors (Lipinski definition) is 0. The summed E-state index contributed by atoms with van der Waals surface area (Å²) in [6, 6.07) is 7.17.